The number of rotatable bonds is 3. The van der Waals surface area contributed by atoms with Gasteiger partial charge in [-0.2, -0.15) is 0 Å². The van der Waals surface area contributed by atoms with E-state index in [2.05, 4.69) is 31.2 Å². The summed E-state index contributed by atoms with van der Waals surface area (Å²) in [6.45, 7) is 2.07. The second kappa shape index (κ2) is 3.63. The molecule has 16 heavy (non-hydrogen) atoms. The van der Waals surface area contributed by atoms with Crippen molar-refractivity contribution in [1.82, 2.24) is 0 Å². The molecule has 0 unspecified atom stereocenters. The van der Waals surface area contributed by atoms with Gasteiger partial charge in [0.15, 0.2) is 0 Å². The summed E-state index contributed by atoms with van der Waals surface area (Å²) in [5, 5.41) is 1.17. The fraction of sp³-hybridized carbons (Fsp3) is 0.429. The zero-order valence-corrected chi connectivity index (χ0v) is 9.57. The highest BCUT2D eigenvalue weighted by Gasteiger charge is 2.26. The number of benzene rings is 1. The van der Waals surface area contributed by atoms with Crippen molar-refractivity contribution in [1.29, 1.82) is 0 Å². The zero-order valence-electron chi connectivity index (χ0n) is 9.57. The van der Waals surface area contributed by atoms with E-state index >= 15 is 0 Å². The molecule has 84 valence electrons. The molecule has 0 saturated heterocycles. The average molecular weight is 215 g/mol. The molecular weight excluding hydrogens is 198 g/mol. The van der Waals surface area contributed by atoms with E-state index < -0.39 is 0 Å². The molecule has 1 fully saturated rings. The number of nitrogens with two attached hydrogens (primary N) is 1. The average Bonchev–Trinajstić information content (AvgIpc) is 2.95. The molecule has 3 rings (SSSR count). The van der Waals surface area contributed by atoms with Crippen LogP contribution < -0.4 is 5.73 Å². The number of fused-ring (bicyclic) bond motifs is 1. The van der Waals surface area contributed by atoms with Gasteiger partial charge in [0, 0.05) is 5.39 Å². The fourth-order valence-corrected chi connectivity index (χ4v) is 2.24. The van der Waals surface area contributed by atoms with Crippen LogP contribution >= 0.6 is 0 Å². The van der Waals surface area contributed by atoms with Crippen molar-refractivity contribution < 1.29 is 4.42 Å². The minimum atomic E-state index is 0.0688. The van der Waals surface area contributed by atoms with Crippen molar-refractivity contribution in [2.24, 2.45) is 11.7 Å². The summed E-state index contributed by atoms with van der Waals surface area (Å²) in [6.07, 6.45) is 3.75. The van der Waals surface area contributed by atoms with Crippen molar-refractivity contribution >= 4 is 11.0 Å². The SMILES string of the molecule is Cc1cccc2cc([C@H](N)CC3CC3)oc12. The Balaban J connectivity index is 1.94. The summed E-state index contributed by atoms with van der Waals surface area (Å²) in [5.74, 6) is 1.78. The number of para-hydroxylation sites is 1. The number of hydrogen-bond donors (Lipinski definition) is 1. The molecule has 2 nitrogen and oxygen atoms in total. The van der Waals surface area contributed by atoms with E-state index in [1.807, 2.05) is 0 Å². The Morgan fingerprint density at radius 3 is 2.94 bits per heavy atom. The van der Waals surface area contributed by atoms with Gasteiger partial charge >= 0.3 is 0 Å². The van der Waals surface area contributed by atoms with Gasteiger partial charge in [-0.25, -0.2) is 0 Å². The summed E-state index contributed by atoms with van der Waals surface area (Å²) in [4.78, 5) is 0. The summed E-state index contributed by atoms with van der Waals surface area (Å²) < 4.78 is 5.86. The van der Waals surface area contributed by atoms with Crippen LogP contribution in [-0.4, -0.2) is 0 Å². The largest absolute Gasteiger partial charge is 0.459 e. The lowest BCUT2D eigenvalue weighted by molar-refractivity contribution is 0.462. The van der Waals surface area contributed by atoms with Gasteiger partial charge < -0.3 is 10.2 Å². The van der Waals surface area contributed by atoms with E-state index in [0.29, 0.717) is 0 Å². The van der Waals surface area contributed by atoms with Gasteiger partial charge in [0.25, 0.3) is 0 Å². The standard InChI is InChI=1S/C14H17NO/c1-9-3-2-4-11-8-13(16-14(9)11)12(15)7-10-5-6-10/h2-4,8,10,12H,5-7,15H2,1H3/t12-/m1/s1. The second-order valence-corrected chi connectivity index (χ2v) is 4.93. The Morgan fingerprint density at radius 2 is 2.25 bits per heavy atom. The third kappa shape index (κ3) is 1.74. The van der Waals surface area contributed by atoms with Gasteiger partial charge in [-0.15, -0.1) is 0 Å². The molecule has 0 spiro atoms. The van der Waals surface area contributed by atoms with E-state index in [9.17, 15) is 0 Å². The molecule has 0 amide bonds. The molecule has 2 aromatic rings. The number of hydrogen-bond acceptors (Lipinski definition) is 2. The van der Waals surface area contributed by atoms with Crippen LogP contribution in [0.5, 0.6) is 0 Å². The van der Waals surface area contributed by atoms with Crippen molar-refractivity contribution in [3.8, 4) is 0 Å². The lowest BCUT2D eigenvalue weighted by Gasteiger charge is -2.06. The molecule has 0 bridgehead atoms. The van der Waals surface area contributed by atoms with Crippen LogP contribution in [0.3, 0.4) is 0 Å². The molecule has 0 aliphatic heterocycles. The third-order valence-electron chi connectivity index (χ3n) is 3.41. The summed E-state index contributed by atoms with van der Waals surface area (Å²) >= 11 is 0. The minimum Gasteiger partial charge on any atom is -0.459 e. The first-order chi connectivity index (χ1) is 7.74. The first kappa shape index (κ1) is 9.91. The quantitative estimate of drug-likeness (QED) is 0.850. The lowest BCUT2D eigenvalue weighted by atomic mass is 10.1. The van der Waals surface area contributed by atoms with Crippen molar-refractivity contribution in [2.45, 2.75) is 32.2 Å². The van der Waals surface area contributed by atoms with Gasteiger partial charge in [0.2, 0.25) is 0 Å². The molecule has 2 N–H and O–H groups in total. The molecular formula is C14H17NO. The Labute approximate surface area is 95.4 Å². The van der Waals surface area contributed by atoms with Gasteiger partial charge in [-0.3, -0.25) is 0 Å². The molecule has 1 heterocycles. The van der Waals surface area contributed by atoms with Gasteiger partial charge in [0.1, 0.15) is 11.3 Å². The van der Waals surface area contributed by atoms with Crippen LogP contribution in [0.25, 0.3) is 11.0 Å². The highest BCUT2D eigenvalue weighted by Crippen LogP contribution is 2.37. The van der Waals surface area contributed by atoms with E-state index in [1.54, 1.807) is 0 Å². The Morgan fingerprint density at radius 1 is 1.44 bits per heavy atom. The normalized spacial score (nSPS) is 17.9. The van der Waals surface area contributed by atoms with Gasteiger partial charge in [-0.05, 0) is 30.9 Å². The summed E-state index contributed by atoms with van der Waals surface area (Å²) in [5.41, 5.74) is 8.33. The summed E-state index contributed by atoms with van der Waals surface area (Å²) in [6, 6.07) is 8.37. The second-order valence-electron chi connectivity index (χ2n) is 4.93. The highest BCUT2D eigenvalue weighted by molar-refractivity contribution is 5.80. The van der Waals surface area contributed by atoms with Crippen LogP contribution in [0, 0.1) is 12.8 Å². The van der Waals surface area contributed by atoms with E-state index in [1.165, 1.54) is 23.8 Å². The smallest absolute Gasteiger partial charge is 0.137 e. The Hall–Kier alpha value is -1.28. The zero-order chi connectivity index (χ0) is 11.1. The maximum absolute atomic E-state index is 6.16. The first-order valence-corrected chi connectivity index (χ1v) is 5.98. The van der Waals surface area contributed by atoms with Crippen molar-refractivity contribution in [2.75, 3.05) is 0 Å². The van der Waals surface area contributed by atoms with Crippen molar-refractivity contribution in [3.63, 3.8) is 0 Å². The molecule has 2 heteroatoms. The van der Waals surface area contributed by atoms with Crippen LogP contribution in [0.15, 0.2) is 28.7 Å². The van der Waals surface area contributed by atoms with Crippen molar-refractivity contribution in [3.05, 3.63) is 35.6 Å². The lowest BCUT2D eigenvalue weighted by Crippen LogP contribution is -2.09. The Kier molecular flexibility index (Phi) is 2.25. The summed E-state index contributed by atoms with van der Waals surface area (Å²) in [7, 11) is 0. The first-order valence-electron chi connectivity index (χ1n) is 5.98. The number of aryl methyl sites for hydroxylation is 1. The molecule has 1 aliphatic rings. The maximum Gasteiger partial charge on any atom is 0.137 e. The molecule has 1 aliphatic carbocycles. The van der Waals surface area contributed by atoms with Crippen LogP contribution in [0.4, 0.5) is 0 Å². The van der Waals surface area contributed by atoms with Crippen LogP contribution in [0.1, 0.15) is 36.6 Å². The molecule has 1 aromatic heterocycles. The van der Waals surface area contributed by atoms with Gasteiger partial charge in [-0.1, -0.05) is 31.0 Å². The highest BCUT2D eigenvalue weighted by atomic mass is 16.3. The van der Waals surface area contributed by atoms with Gasteiger partial charge in [0.05, 0.1) is 6.04 Å². The predicted octanol–water partition coefficient (Wildman–Crippen LogP) is 3.54. The maximum atomic E-state index is 6.16. The molecule has 1 atom stereocenters. The third-order valence-corrected chi connectivity index (χ3v) is 3.41. The van der Waals surface area contributed by atoms with E-state index in [0.717, 1.165) is 23.7 Å². The fourth-order valence-electron chi connectivity index (χ4n) is 2.24. The van der Waals surface area contributed by atoms with E-state index in [-0.39, 0.29) is 6.04 Å². The Bertz CT molecular complexity index is 510. The molecule has 1 saturated carbocycles. The molecule has 0 radical (unpaired) electrons. The van der Waals surface area contributed by atoms with Crippen LogP contribution in [0.2, 0.25) is 0 Å². The predicted molar refractivity (Wildman–Crippen MR) is 65.2 cm³/mol. The monoisotopic (exact) mass is 215 g/mol. The van der Waals surface area contributed by atoms with Crippen LogP contribution in [-0.2, 0) is 0 Å². The minimum absolute atomic E-state index is 0.0688. The van der Waals surface area contributed by atoms with E-state index in [4.69, 9.17) is 10.2 Å². The molecule has 1 aromatic carbocycles. The number of furan rings is 1. The topological polar surface area (TPSA) is 39.2 Å².